The molecule has 2 atom stereocenters. The summed E-state index contributed by atoms with van der Waals surface area (Å²) in [6, 6.07) is -0.0515. The highest BCUT2D eigenvalue weighted by Gasteiger charge is 2.25. The van der Waals surface area contributed by atoms with E-state index in [4.69, 9.17) is 4.74 Å². The number of rotatable bonds is 3. The largest absolute Gasteiger partial charge is 0.459 e. The number of ether oxygens (including phenoxy) is 2. The second kappa shape index (κ2) is 5.70. The van der Waals surface area contributed by atoms with Gasteiger partial charge in [0, 0.05) is 18.6 Å². The van der Waals surface area contributed by atoms with Gasteiger partial charge in [-0.3, -0.25) is 4.79 Å². The standard InChI is InChI=1S/C10H17NO4/c1-3-15-10(13)9(12)11-7(2)8-4-5-14-6-8/h7-8H,3-6H2,1-2H3,(H,11,12). The molecule has 1 aliphatic rings. The Morgan fingerprint density at radius 1 is 1.60 bits per heavy atom. The summed E-state index contributed by atoms with van der Waals surface area (Å²) >= 11 is 0. The van der Waals surface area contributed by atoms with Crippen molar-refractivity contribution in [1.29, 1.82) is 0 Å². The fourth-order valence-corrected chi connectivity index (χ4v) is 1.53. The van der Waals surface area contributed by atoms with Crippen LogP contribution in [0.5, 0.6) is 0 Å². The molecule has 5 heteroatoms. The molecule has 15 heavy (non-hydrogen) atoms. The molecule has 1 fully saturated rings. The van der Waals surface area contributed by atoms with Crippen molar-refractivity contribution in [3.05, 3.63) is 0 Å². The zero-order chi connectivity index (χ0) is 11.3. The zero-order valence-electron chi connectivity index (χ0n) is 9.12. The van der Waals surface area contributed by atoms with Gasteiger partial charge in [0.05, 0.1) is 13.2 Å². The van der Waals surface area contributed by atoms with E-state index in [1.54, 1.807) is 6.92 Å². The van der Waals surface area contributed by atoms with Crippen molar-refractivity contribution in [1.82, 2.24) is 5.32 Å². The van der Waals surface area contributed by atoms with Gasteiger partial charge in [0.25, 0.3) is 0 Å². The minimum absolute atomic E-state index is 0.0515. The highest BCUT2D eigenvalue weighted by atomic mass is 16.5. The van der Waals surface area contributed by atoms with E-state index in [9.17, 15) is 9.59 Å². The molecule has 1 N–H and O–H groups in total. The first-order valence-electron chi connectivity index (χ1n) is 5.20. The van der Waals surface area contributed by atoms with Gasteiger partial charge < -0.3 is 14.8 Å². The Labute approximate surface area is 89.1 Å². The molecular formula is C10H17NO4. The Morgan fingerprint density at radius 3 is 2.87 bits per heavy atom. The molecular weight excluding hydrogens is 198 g/mol. The van der Waals surface area contributed by atoms with Crippen LogP contribution in [0.3, 0.4) is 0 Å². The second-order valence-corrected chi connectivity index (χ2v) is 3.61. The summed E-state index contributed by atoms with van der Waals surface area (Å²) in [7, 11) is 0. The molecule has 0 aromatic rings. The maximum atomic E-state index is 11.3. The van der Waals surface area contributed by atoms with E-state index in [0.29, 0.717) is 12.5 Å². The summed E-state index contributed by atoms with van der Waals surface area (Å²) in [6.07, 6.45) is 0.921. The molecule has 0 aliphatic carbocycles. The number of carbonyl (C=O) groups is 2. The fourth-order valence-electron chi connectivity index (χ4n) is 1.53. The molecule has 0 bridgehead atoms. The molecule has 1 amide bonds. The van der Waals surface area contributed by atoms with Crippen molar-refractivity contribution in [2.24, 2.45) is 5.92 Å². The summed E-state index contributed by atoms with van der Waals surface area (Å²) in [5.41, 5.74) is 0. The smallest absolute Gasteiger partial charge is 0.396 e. The van der Waals surface area contributed by atoms with Gasteiger partial charge in [-0.15, -0.1) is 0 Å². The molecule has 0 saturated carbocycles. The molecule has 1 rings (SSSR count). The summed E-state index contributed by atoms with van der Waals surface area (Å²) in [5.74, 6) is -1.19. The van der Waals surface area contributed by atoms with Crippen LogP contribution in [0.4, 0.5) is 0 Å². The van der Waals surface area contributed by atoms with E-state index < -0.39 is 11.9 Å². The third-order valence-corrected chi connectivity index (χ3v) is 2.49. The van der Waals surface area contributed by atoms with E-state index in [1.165, 1.54) is 0 Å². The predicted molar refractivity (Wildman–Crippen MR) is 53.2 cm³/mol. The molecule has 1 heterocycles. The molecule has 0 radical (unpaired) electrons. The maximum Gasteiger partial charge on any atom is 0.396 e. The Hall–Kier alpha value is -1.10. The van der Waals surface area contributed by atoms with Gasteiger partial charge in [-0.2, -0.15) is 0 Å². The van der Waals surface area contributed by atoms with Crippen LogP contribution in [0.2, 0.25) is 0 Å². The Balaban J connectivity index is 2.33. The zero-order valence-corrected chi connectivity index (χ0v) is 9.12. The van der Waals surface area contributed by atoms with E-state index in [-0.39, 0.29) is 12.6 Å². The van der Waals surface area contributed by atoms with E-state index in [0.717, 1.165) is 13.0 Å². The van der Waals surface area contributed by atoms with Crippen molar-refractivity contribution in [3.63, 3.8) is 0 Å². The first-order valence-corrected chi connectivity index (χ1v) is 5.20. The topological polar surface area (TPSA) is 64.6 Å². The molecule has 0 spiro atoms. The average Bonchev–Trinajstić information content (AvgIpc) is 2.70. The van der Waals surface area contributed by atoms with E-state index in [2.05, 4.69) is 10.1 Å². The molecule has 86 valence electrons. The normalized spacial score (nSPS) is 22.1. The Morgan fingerprint density at radius 2 is 2.33 bits per heavy atom. The van der Waals surface area contributed by atoms with Gasteiger partial charge in [-0.05, 0) is 20.3 Å². The number of hydrogen-bond acceptors (Lipinski definition) is 4. The van der Waals surface area contributed by atoms with Gasteiger partial charge >= 0.3 is 11.9 Å². The third kappa shape index (κ3) is 3.51. The Bertz CT molecular complexity index is 236. The lowest BCUT2D eigenvalue weighted by atomic mass is 10.0. The van der Waals surface area contributed by atoms with E-state index >= 15 is 0 Å². The lowest BCUT2D eigenvalue weighted by molar-refractivity contribution is -0.155. The average molecular weight is 215 g/mol. The third-order valence-electron chi connectivity index (χ3n) is 2.49. The highest BCUT2D eigenvalue weighted by molar-refractivity contribution is 6.32. The van der Waals surface area contributed by atoms with E-state index in [1.807, 2.05) is 6.92 Å². The SMILES string of the molecule is CCOC(=O)C(=O)NC(C)C1CCOC1. The van der Waals surface area contributed by atoms with Crippen LogP contribution >= 0.6 is 0 Å². The van der Waals surface area contributed by atoms with Crippen molar-refractivity contribution in [2.75, 3.05) is 19.8 Å². The van der Waals surface area contributed by atoms with Gasteiger partial charge in [-0.1, -0.05) is 0 Å². The number of carbonyl (C=O) groups excluding carboxylic acids is 2. The van der Waals surface area contributed by atoms with Crippen molar-refractivity contribution in [2.45, 2.75) is 26.3 Å². The first kappa shape index (κ1) is 12.0. The quantitative estimate of drug-likeness (QED) is 0.535. The van der Waals surface area contributed by atoms with Gasteiger partial charge in [-0.25, -0.2) is 4.79 Å². The molecule has 1 saturated heterocycles. The summed E-state index contributed by atoms with van der Waals surface area (Å²) < 4.78 is 9.79. The minimum atomic E-state index is -0.816. The lowest BCUT2D eigenvalue weighted by Gasteiger charge is -2.18. The lowest BCUT2D eigenvalue weighted by Crippen LogP contribution is -2.42. The molecule has 2 unspecified atom stereocenters. The number of nitrogens with one attached hydrogen (secondary N) is 1. The van der Waals surface area contributed by atoms with Crippen molar-refractivity contribution >= 4 is 11.9 Å². The monoisotopic (exact) mass is 215 g/mol. The molecule has 5 nitrogen and oxygen atoms in total. The van der Waals surface area contributed by atoms with Crippen LogP contribution in [0.25, 0.3) is 0 Å². The molecule has 0 aromatic heterocycles. The summed E-state index contributed by atoms with van der Waals surface area (Å²) in [6.45, 7) is 5.12. The summed E-state index contributed by atoms with van der Waals surface area (Å²) in [4.78, 5) is 22.3. The van der Waals surface area contributed by atoms with Crippen LogP contribution < -0.4 is 5.32 Å². The predicted octanol–water partition coefficient (Wildman–Crippen LogP) is 0.0907. The second-order valence-electron chi connectivity index (χ2n) is 3.61. The van der Waals surface area contributed by atoms with Crippen LogP contribution in [0.15, 0.2) is 0 Å². The summed E-state index contributed by atoms with van der Waals surface area (Å²) in [5, 5.41) is 2.61. The fraction of sp³-hybridized carbons (Fsp3) is 0.800. The van der Waals surface area contributed by atoms with Crippen LogP contribution in [0, 0.1) is 5.92 Å². The van der Waals surface area contributed by atoms with Crippen molar-refractivity contribution < 1.29 is 19.1 Å². The minimum Gasteiger partial charge on any atom is -0.459 e. The number of hydrogen-bond donors (Lipinski definition) is 1. The van der Waals surface area contributed by atoms with Crippen molar-refractivity contribution in [3.8, 4) is 0 Å². The number of esters is 1. The molecule has 0 aromatic carbocycles. The first-order chi connectivity index (χ1) is 7.15. The highest BCUT2D eigenvalue weighted by Crippen LogP contribution is 2.16. The maximum absolute atomic E-state index is 11.3. The number of amides is 1. The van der Waals surface area contributed by atoms with Gasteiger partial charge in [0.15, 0.2) is 0 Å². The van der Waals surface area contributed by atoms with Gasteiger partial charge in [0.2, 0.25) is 0 Å². The molecule has 1 aliphatic heterocycles. The van der Waals surface area contributed by atoms with Crippen LogP contribution in [0.1, 0.15) is 20.3 Å². The Kier molecular flexibility index (Phi) is 4.55. The van der Waals surface area contributed by atoms with Gasteiger partial charge in [0.1, 0.15) is 0 Å². The van der Waals surface area contributed by atoms with Crippen LogP contribution in [-0.4, -0.2) is 37.7 Å². The van der Waals surface area contributed by atoms with Crippen LogP contribution in [-0.2, 0) is 19.1 Å².